The topological polar surface area (TPSA) is 71.8 Å². The van der Waals surface area contributed by atoms with E-state index < -0.39 is 0 Å². The van der Waals surface area contributed by atoms with Gasteiger partial charge >= 0.3 is 0 Å². The molecule has 2 aromatic rings. The molecule has 0 saturated heterocycles. The zero-order chi connectivity index (χ0) is 12.3. The van der Waals surface area contributed by atoms with Crippen molar-refractivity contribution in [3.63, 3.8) is 0 Å². The number of hydrogen-bond acceptors (Lipinski definition) is 4. The molecule has 6 heteroatoms. The van der Waals surface area contributed by atoms with Crippen molar-refractivity contribution >= 4 is 11.6 Å². The van der Waals surface area contributed by atoms with Crippen LogP contribution in [0.1, 0.15) is 10.5 Å². The van der Waals surface area contributed by atoms with Crippen molar-refractivity contribution in [2.45, 2.75) is 0 Å². The molecule has 0 fully saturated rings. The van der Waals surface area contributed by atoms with Gasteiger partial charge in [0.2, 0.25) is 0 Å². The fraction of sp³-hybridized carbons (Fsp3) is 0.182. The van der Waals surface area contributed by atoms with Gasteiger partial charge in [0, 0.05) is 20.3 Å². The highest BCUT2D eigenvalue weighted by molar-refractivity contribution is 5.91. The number of anilines is 1. The van der Waals surface area contributed by atoms with Gasteiger partial charge in [-0.3, -0.25) is 9.78 Å². The summed E-state index contributed by atoms with van der Waals surface area (Å²) >= 11 is 0. The molecule has 2 rings (SSSR count). The molecule has 0 radical (unpaired) electrons. The number of aromatic nitrogens is 3. The summed E-state index contributed by atoms with van der Waals surface area (Å²) < 4.78 is 1.61. The maximum Gasteiger partial charge on any atom is 0.271 e. The minimum Gasteiger partial charge on any atom is -0.387 e. The smallest absolute Gasteiger partial charge is 0.271 e. The fourth-order valence-corrected chi connectivity index (χ4v) is 1.41. The number of nitrogens with one attached hydrogen (secondary N) is 2. The van der Waals surface area contributed by atoms with Crippen molar-refractivity contribution < 1.29 is 4.79 Å². The van der Waals surface area contributed by atoms with Gasteiger partial charge in [-0.2, -0.15) is 5.10 Å². The van der Waals surface area contributed by atoms with Crippen LogP contribution in [-0.2, 0) is 0 Å². The van der Waals surface area contributed by atoms with Crippen molar-refractivity contribution in [1.29, 1.82) is 0 Å². The normalized spacial score (nSPS) is 10.0. The van der Waals surface area contributed by atoms with Crippen LogP contribution in [0.3, 0.4) is 0 Å². The Kier molecular flexibility index (Phi) is 3.04. The Balaban J connectivity index is 2.33. The molecule has 0 bridgehead atoms. The highest BCUT2D eigenvalue weighted by Gasteiger charge is 2.08. The lowest BCUT2D eigenvalue weighted by Crippen LogP contribution is -2.18. The monoisotopic (exact) mass is 231 g/mol. The summed E-state index contributed by atoms with van der Waals surface area (Å²) in [7, 11) is 3.39. The number of nitrogens with zero attached hydrogens (tertiary/aromatic N) is 3. The van der Waals surface area contributed by atoms with Gasteiger partial charge in [-0.15, -0.1) is 0 Å². The largest absolute Gasteiger partial charge is 0.387 e. The standard InChI is InChI=1S/C11H13N5O/c1-12-8-5-9(7-14-6-8)16-4-3-10(15-16)11(17)13-2/h3-7,12H,1-2H3,(H,13,17). The molecule has 0 aromatic carbocycles. The highest BCUT2D eigenvalue weighted by atomic mass is 16.1. The Morgan fingerprint density at radius 3 is 2.88 bits per heavy atom. The van der Waals surface area contributed by atoms with Crippen LogP contribution in [0, 0.1) is 0 Å². The summed E-state index contributed by atoms with van der Waals surface area (Å²) in [6, 6.07) is 3.55. The molecule has 1 amide bonds. The summed E-state index contributed by atoms with van der Waals surface area (Å²) in [6.07, 6.45) is 5.12. The lowest BCUT2D eigenvalue weighted by atomic mass is 10.4. The minimum absolute atomic E-state index is 0.207. The zero-order valence-corrected chi connectivity index (χ0v) is 9.64. The maximum atomic E-state index is 11.4. The van der Waals surface area contributed by atoms with E-state index in [0.717, 1.165) is 11.4 Å². The molecule has 2 N–H and O–H groups in total. The molecule has 6 nitrogen and oxygen atoms in total. The quantitative estimate of drug-likeness (QED) is 0.814. The summed E-state index contributed by atoms with van der Waals surface area (Å²) in [5.41, 5.74) is 2.06. The van der Waals surface area contributed by atoms with E-state index in [9.17, 15) is 4.79 Å². The molecule has 88 valence electrons. The molecular weight excluding hydrogens is 218 g/mol. The second-order valence-electron chi connectivity index (χ2n) is 3.41. The third-order valence-corrected chi connectivity index (χ3v) is 2.33. The molecular formula is C11H13N5O. The molecule has 2 heterocycles. The number of pyridine rings is 1. The SMILES string of the molecule is CNC(=O)c1ccn(-c2cncc(NC)c2)n1. The van der Waals surface area contributed by atoms with Gasteiger partial charge in [-0.1, -0.05) is 0 Å². The van der Waals surface area contributed by atoms with Gasteiger partial charge in [0.1, 0.15) is 0 Å². The number of carbonyl (C=O) groups is 1. The second-order valence-corrected chi connectivity index (χ2v) is 3.41. The fourth-order valence-electron chi connectivity index (χ4n) is 1.41. The van der Waals surface area contributed by atoms with E-state index in [1.54, 1.807) is 36.4 Å². The van der Waals surface area contributed by atoms with Gasteiger partial charge in [0.15, 0.2) is 5.69 Å². The van der Waals surface area contributed by atoms with Crippen molar-refractivity contribution in [1.82, 2.24) is 20.1 Å². The molecule has 0 atom stereocenters. The predicted octanol–water partition coefficient (Wildman–Crippen LogP) is 0.669. The van der Waals surface area contributed by atoms with Crippen molar-refractivity contribution in [3.8, 4) is 5.69 Å². The minimum atomic E-state index is -0.207. The molecule has 0 saturated carbocycles. The zero-order valence-electron chi connectivity index (χ0n) is 9.64. The van der Waals surface area contributed by atoms with E-state index >= 15 is 0 Å². The van der Waals surface area contributed by atoms with E-state index in [1.165, 1.54) is 0 Å². The Morgan fingerprint density at radius 2 is 2.18 bits per heavy atom. The van der Waals surface area contributed by atoms with Crippen LogP contribution in [0.5, 0.6) is 0 Å². The third-order valence-electron chi connectivity index (χ3n) is 2.33. The van der Waals surface area contributed by atoms with Crippen molar-refractivity contribution in [3.05, 3.63) is 36.4 Å². The second kappa shape index (κ2) is 4.65. The molecule has 0 aliphatic carbocycles. The number of hydrogen-bond donors (Lipinski definition) is 2. The summed E-state index contributed by atoms with van der Waals surface area (Å²) in [5, 5.41) is 9.68. The first kappa shape index (κ1) is 11.1. The van der Waals surface area contributed by atoms with E-state index in [1.807, 2.05) is 13.1 Å². The van der Waals surface area contributed by atoms with Crippen molar-refractivity contribution in [2.24, 2.45) is 0 Å². The Labute approximate surface area is 98.7 Å². The van der Waals surface area contributed by atoms with Crippen molar-refractivity contribution in [2.75, 3.05) is 19.4 Å². The van der Waals surface area contributed by atoms with Crippen LogP contribution in [0.2, 0.25) is 0 Å². The molecule has 0 aliphatic heterocycles. The van der Waals surface area contributed by atoms with Crippen LogP contribution in [0.4, 0.5) is 5.69 Å². The lowest BCUT2D eigenvalue weighted by molar-refractivity contribution is 0.0958. The Bertz CT molecular complexity index is 534. The number of amides is 1. The van der Waals surface area contributed by atoms with E-state index in [-0.39, 0.29) is 5.91 Å². The molecule has 0 unspecified atom stereocenters. The average molecular weight is 231 g/mol. The predicted molar refractivity (Wildman–Crippen MR) is 64.3 cm³/mol. The van der Waals surface area contributed by atoms with Crippen LogP contribution < -0.4 is 10.6 Å². The van der Waals surface area contributed by atoms with Crippen LogP contribution >= 0.6 is 0 Å². The summed E-state index contributed by atoms with van der Waals surface area (Å²) in [4.78, 5) is 15.4. The molecule has 2 aromatic heterocycles. The van der Waals surface area contributed by atoms with Gasteiger partial charge in [-0.05, 0) is 12.1 Å². The van der Waals surface area contributed by atoms with E-state index in [2.05, 4.69) is 20.7 Å². The highest BCUT2D eigenvalue weighted by Crippen LogP contribution is 2.11. The maximum absolute atomic E-state index is 11.4. The van der Waals surface area contributed by atoms with Gasteiger partial charge in [-0.25, -0.2) is 4.68 Å². The first-order valence-corrected chi connectivity index (χ1v) is 5.15. The van der Waals surface area contributed by atoms with E-state index in [0.29, 0.717) is 5.69 Å². The molecule has 17 heavy (non-hydrogen) atoms. The van der Waals surface area contributed by atoms with Gasteiger partial charge < -0.3 is 10.6 Å². The Hall–Kier alpha value is -2.37. The molecule has 0 spiro atoms. The molecule has 0 aliphatic rings. The number of rotatable bonds is 3. The lowest BCUT2D eigenvalue weighted by Gasteiger charge is -2.03. The average Bonchev–Trinajstić information content (AvgIpc) is 2.87. The first-order chi connectivity index (χ1) is 8.24. The third kappa shape index (κ3) is 2.25. The first-order valence-electron chi connectivity index (χ1n) is 5.15. The van der Waals surface area contributed by atoms with E-state index in [4.69, 9.17) is 0 Å². The number of carbonyl (C=O) groups excluding carboxylic acids is 1. The van der Waals surface area contributed by atoms with Crippen LogP contribution in [0.25, 0.3) is 5.69 Å². The van der Waals surface area contributed by atoms with Crippen LogP contribution in [0.15, 0.2) is 30.7 Å². The van der Waals surface area contributed by atoms with Gasteiger partial charge in [0.25, 0.3) is 5.91 Å². The summed E-state index contributed by atoms with van der Waals surface area (Å²) in [5.74, 6) is -0.207. The summed E-state index contributed by atoms with van der Waals surface area (Å²) in [6.45, 7) is 0. The van der Waals surface area contributed by atoms with Gasteiger partial charge in [0.05, 0.1) is 23.8 Å². The Morgan fingerprint density at radius 1 is 1.35 bits per heavy atom. The van der Waals surface area contributed by atoms with Crippen LogP contribution in [-0.4, -0.2) is 34.8 Å².